The number of furan rings is 1. The predicted molar refractivity (Wildman–Crippen MR) is 95.3 cm³/mol. The largest absolute Gasteiger partial charge is 0.456 e. The molecule has 4 aromatic heterocycles. The third kappa shape index (κ3) is 1.34. The van der Waals surface area contributed by atoms with E-state index in [2.05, 4.69) is 38.6 Å². The molecule has 0 atom stereocenters. The lowest BCUT2D eigenvalue weighted by Crippen LogP contribution is -1.91. The number of nitrogens with zero attached hydrogens (tertiary/aromatic N) is 3. The normalized spacial score (nSPS) is 12.2. The number of hydrogen-bond acceptors (Lipinski definition) is 3. The number of hydrogen-bond donors (Lipinski definition) is 0. The lowest BCUT2D eigenvalue weighted by molar-refractivity contribution is 0.669. The van der Waals surface area contributed by atoms with Crippen molar-refractivity contribution in [3.63, 3.8) is 0 Å². The molecule has 112 valence electrons. The summed E-state index contributed by atoms with van der Waals surface area (Å²) in [6.07, 6.45) is 7.56. The Balaban J connectivity index is 2.06. The second kappa shape index (κ2) is 4.11. The molecule has 0 aliphatic heterocycles. The predicted octanol–water partition coefficient (Wildman–Crippen LogP) is 4.94. The van der Waals surface area contributed by atoms with Crippen LogP contribution < -0.4 is 0 Å². The van der Waals surface area contributed by atoms with Crippen molar-refractivity contribution in [2.24, 2.45) is 0 Å². The first-order chi connectivity index (χ1) is 11.9. The van der Waals surface area contributed by atoms with E-state index in [4.69, 9.17) is 4.42 Å². The summed E-state index contributed by atoms with van der Waals surface area (Å²) in [6, 6.07) is 14.4. The molecule has 24 heavy (non-hydrogen) atoms. The molecule has 4 heteroatoms. The van der Waals surface area contributed by atoms with Crippen molar-refractivity contribution in [2.75, 3.05) is 0 Å². The van der Waals surface area contributed by atoms with Gasteiger partial charge in [-0.1, -0.05) is 18.2 Å². The van der Waals surface area contributed by atoms with Gasteiger partial charge in [0, 0.05) is 40.9 Å². The molecule has 6 rings (SSSR count). The van der Waals surface area contributed by atoms with E-state index < -0.39 is 0 Å². The zero-order valence-electron chi connectivity index (χ0n) is 12.6. The fraction of sp³-hybridized carbons (Fsp3) is 0. The lowest BCUT2D eigenvalue weighted by Gasteiger charge is -2.08. The molecule has 4 heterocycles. The average Bonchev–Trinajstić information content (AvgIpc) is 3.26. The summed E-state index contributed by atoms with van der Waals surface area (Å²) in [6.45, 7) is 0. The number of fused-ring (bicyclic) bond motifs is 10. The summed E-state index contributed by atoms with van der Waals surface area (Å²) in [5.41, 5.74) is 3.85. The van der Waals surface area contributed by atoms with Gasteiger partial charge >= 0.3 is 0 Å². The summed E-state index contributed by atoms with van der Waals surface area (Å²) in [5.74, 6) is 0. The summed E-state index contributed by atoms with van der Waals surface area (Å²) < 4.78 is 8.19. The van der Waals surface area contributed by atoms with Crippen LogP contribution in [0.1, 0.15) is 0 Å². The number of para-hydroxylation sites is 1. The van der Waals surface area contributed by atoms with Crippen LogP contribution in [-0.2, 0) is 0 Å². The van der Waals surface area contributed by atoms with Gasteiger partial charge in [0.05, 0.1) is 10.9 Å². The Kier molecular flexibility index (Phi) is 2.07. The molecule has 2 aromatic carbocycles. The summed E-state index contributed by atoms with van der Waals surface area (Å²) in [7, 11) is 0. The van der Waals surface area contributed by atoms with Crippen molar-refractivity contribution >= 4 is 49.3 Å². The van der Waals surface area contributed by atoms with E-state index in [9.17, 15) is 0 Å². The highest BCUT2D eigenvalue weighted by Crippen LogP contribution is 2.37. The molecule has 0 aliphatic carbocycles. The second-order valence-corrected chi connectivity index (χ2v) is 5.98. The van der Waals surface area contributed by atoms with Crippen LogP contribution in [0.4, 0.5) is 0 Å². The highest BCUT2D eigenvalue weighted by Gasteiger charge is 2.16. The first-order valence-corrected chi connectivity index (χ1v) is 7.84. The molecule has 0 unspecified atom stereocenters. The Morgan fingerprint density at radius 2 is 1.75 bits per heavy atom. The van der Waals surface area contributed by atoms with E-state index in [0.717, 1.165) is 43.9 Å². The first kappa shape index (κ1) is 12.1. The smallest absolute Gasteiger partial charge is 0.146 e. The Morgan fingerprint density at radius 1 is 0.792 bits per heavy atom. The highest BCUT2D eigenvalue weighted by atomic mass is 16.3. The zero-order chi connectivity index (χ0) is 15.7. The van der Waals surface area contributed by atoms with E-state index in [-0.39, 0.29) is 0 Å². The molecule has 4 nitrogen and oxygen atoms in total. The topological polar surface area (TPSA) is 43.3 Å². The number of pyridine rings is 2. The maximum atomic E-state index is 6.05. The Morgan fingerprint density at radius 3 is 2.75 bits per heavy atom. The molecular weight excluding hydrogens is 298 g/mol. The van der Waals surface area contributed by atoms with Gasteiger partial charge in [-0.05, 0) is 29.7 Å². The summed E-state index contributed by atoms with van der Waals surface area (Å²) in [4.78, 5) is 8.84. The molecule has 0 amide bonds. The maximum Gasteiger partial charge on any atom is 0.146 e. The molecule has 0 spiro atoms. The highest BCUT2D eigenvalue weighted by molar-refractivity contribution is 6.24. The zero-order valence-corrected chi connectivity index (χ0v) is 12.6. The van der Waals surface area contributed by atoms with Crippen molar-refractivity contribution < 1.29 is 4.42 Å². The fourth-order valence-corrected chi connectivity index (χ4v) is 3.76. The van der Waals surface area contributed by atoms with E-state index in [1.165, 1.54) is 5.39 Å². The van der Waals surface area contributed by atoms with Crippen LogP contribution in [0.15, 0.2) is 71.7 Å². The molecule has 0 radical (unpaired) electrons. The number of imidazole rings is 1. The van der Waals surface area contributed by atoms with Crippen molar-refractivity contribution in [3.05, 3.63) is 67.3 Å². The van der Waals surface area contributed by atoms with Crippen LogP contribution in [0.25, 0.3) is 49.3 Å². The van der Waals surface area contributed by atoms with Gasteiger partial charge in [-0.25, -0.2) is 4.98 Å². The summed E-state index contributed by atoms with van der Waals surface area (Å²) >= 11 is 0. The van der Waals surface area contributed by atoms with Crippen molar-refractivity contribution in [1.82, 2.24) is 14.4 Å². The molecular formula is C20H11N3O. The van der Waals surface area contributed by atoms with Gasteiger partial charge in [0.25, 0.3) is 0 Å². The van der Waals surface area contributed by atoms with Crippen molar-refractivity contribution in [1.29, 1.82) is 0 Å². The van der Waals surface area contributed by atoms with Crippen LogP contribution in [0.2, 0.25) is 0 Å². The number of aromatic nitrogens is 3. The van der Waals surface area contributed by atoms with Gasteiger partial charge in [-0.2, -0.15) is 0 Å². The molecule has 6 aromatic rings. The van der Waals surface area contributed by atoms with Crippen LogP contribution in [0.3, 0.4) is 0 Å². The van der Waals surface area contributed by atoms with E-state index in [1.54, 1.807) is 0 Å². The Bertz CT molecular complexity index is 1410. The first-order valence-electron chi connectivity index (χ1n) is 7.84. The van der Waals surface area contributed by atoms with Gasteiger partial charge in [0.2, 0.25) is 0 Å². The van der Waals surface area contributed by atoms with Crippen LogP contribution in [0.5, 0.6) is 0 Å². The van der Waals surface area contributed by atoms with Gasteiger partial charge in [-0.3, -0.25) is 9.38 Å². The minimum absolute atomic E-state index is 0.895. The number of rotatable bonds is 0. The maximum absolute atomic E-state index is 6.05. The third-order valence-corrected chi connectivity index (χ3v) is 4.75. The van der Waals surface area contributed by atoms with Crippen LogP contribution in [-0.4, -0.2) is 14.4 Å². The fourth-order valence-electron chi connectivity index (χ4n) is 3.76. The number of benzene rings is 2. The minimum Gasteiger partial charge on any atom is -0.456 e. The Hall–Kier alpha value is -3.40. The molecule has 0 fully saturated rings. The summed E-state index contributed by atoms with van der Waals surface area (Å²) in [5, 5.41) is 5.65. The van der Waals surface area contributed by atoms with Gasteiger partial charge < -0.3 is 4.42 Å². The monoisotopic (exact) mass is 309 g/mol. The quantitative estimate of drug-likeness (QED) is 0.373. The molecule has 0 saturated heterocycles. The molecule has 0 bridgehead atoms. The third-order valence-electron chi connectivity index (χ3n) is 4.75. The van der Waals surface area contributed by atoms with Crippen LogP contribution in [0, 0.1) is 0 Å². The van der Waals surface area contributed by atoms with Gasteiger partial charge in [-0.15, -0.1) is 0 Å². The van der Waals surface area contributed by atoms with Crippen molar-refractivity contribution in [2.45, 2.75) is 0 Å². The van der Waals surface area contributed by atoms with E-state index in [0.29, 0.717) is 0 Å². The van der Waals surface area contributed by atoms with Crippen molar-refractivity contribution in [3.8, 4) is 0 Å². The SMILES string of the molecule is c1ccc2c(c1)oc1ccc3c4ccncc4c4nccn4c3c12. The lowest BCUT2D eigenvalue weighted by atomic mass is 10.0. The standard InChI is InChI=1S/C20H11N3O/c1-2-4-16-14(3-1)18-17(24-16)6-5-13-12-7-8-21-11-15(12)20-22-9-10-23(20)19(13)18/h1-11H. The van der Waals surface area contributed by atoms with E-state index >= 15 is 0 Å². The molecule has 0 N–H and O–H groups in total. The minimum atomic E-state index is 0.895. The molecule has 0 aliphatic rings. The van der Waals surface area contributed by atoms with E-state index in [1.807, 2.05) is 43.0 Å². The van der Waals surface area contributed by atoms with Gasteiger partial charge in [0.15, 0.2) is 0 Å². The Labute approximate surface area is 136 Å². The van der Waals surface area contributed by atoms with Gasteiger partial charge in [0.1, 0.15) is 16.8 Å². The van der Waals surface area contributed by atoms with Crippen LogP contribution >= 0.6 is 0 Å². The average molecular weight is 309 g/mol. The molecule has 0 saturated carbocycles. The second-order valence-electron chi connectivity index (χ2n) is 5.98.